The lowest BCUT2D eigenvalue weighted by Gasteiger charge is -2.41. The molecule has 0 amide bonds. The van der Waals surface area contributed by atoms with Crippen LogP contribution in [0.1, 0.15) is 19.4 Å². The van der Waals surface area contributed by atoms with Crippen LogP contribution in [0.25, 0.3) is 10.9 Å². The lowest BCUT2D eigenvalue weighted by molar-refractivity contribution is -0.00967. The Bertz CT molecular complexity index is 718. The van der Waals surface area contributed by atoms with Crippen LogP contribution in [0.4, 0.5) is 0 Å². The number of morpholine rings is 1. The number of hydrogen-bond acceptors (Lipinski definition) is 4. The van der Waals surface area contributed by atoms with Gasteiger partial charge < -0.3 is 15.0 Å². The number of ether oxygens (including phenoxy) is 1. The number of hydrogen-bond donors (Lipinski definition) is 2. The standard InChI is InChI=1S/C18H25N3O2/c1-18(2,21-7-9-23-10-8-21)13-19-12-15-11-14-5-3-4-6-16(14)20-17(15)22/h3-6,11,19H,7-10,12-13H2,1-2H3,(H,20,22). The smallest absolute Gasteiger partial charge is 0.252 e. The first-order valence-corrected chi connectivity index (χ1v) is 8.21. The van der Waals surface area contributed by atoms with E-state index in [1.54, 1.807) is 0 Å². The zero-order valence-electron chi connectivity index (χ0n) is 13.9. The van der Waals surface area contributed by atoms with Crippen molar-refractivity contribution in [3.8, 4) is 0 Å². The molecule has 0 unspecified atom stereocenters. The van der Waals surface area contributed by atoms with Gasteiger partial charge in [0.05, 0.1) is 13.2 Å². The number of aromatic nitrogens is 1. The van der Waals surface area contributed by atoms with Crippen molar-refractivity contribution >= 4 is 10.9 Å². The molecule has 5 heteroatoms. The Hall–Kier alpha value is -1.69. The number of benzene rings is 1. The lowest BCUT2D eigenvalue weighted by atomic mass is 10.0. The molecule has 0 atom stereocenters. The Labute approximate surface area is 136 Å². The first kappa shape index (κ1) is 16.2. The number of aromatic amines is 1. The number of H-pyrrole nitrogens is 1. The van der Waals surface area contributed by atoms with E-state index in [4.69, 9.17) is 4.74 Å². The van der Waals surface area contributed by atoms with Crippen LogP contribution >= 0.6 is 0 Å². The number of nitrogens with zero attached hydrogens (tertiary/aromatic N) is 1. The molecule has 1 aromatic carbocycles. The maximum atomic E-state index is 12.2. The quantitative estimate of drug-likeness (QED) is 0.882. The topological polar surface area (TPSA) is 57.4 Å². The molecule has 0 aliphatic carbocycles. The van der Waals surface area contributed by atoms with Crippen LogP contribution in [0.5, 0.6) is 0 Å². The van der Waals surface area contributed by atoms with Crippen LogP contribution in [-0.4, -0.2) is 48.3 Å². The largest absolute Gasteiger partial charge is 0.379 e. The van der Waals surface area contributed by atoms with Gasteiger partial charge in [0.2, 0.25) is 0 Å². The third-order valence-electron chi connectivity index (χ3n) is 4.57. The monoisotopic (exact) mass is 315 g/mol. The van der Waals surface area contributed by atoms with Gasteiger partial charge in [0.1, 0.15) is 0 Å². The van der Waals surface area contributed by atoms with Gasteiger partial charge in [0.25, 0.3) is 5.56 Å². The minimum absolute atomic E-state index is 0.0135. The van der Waals surface area contributed by atoms with Crippen LogP contribution in [0.2, 0.25) is 0 Å². The van der Waals surface area contributed by atoms with E-state index in [9.17, 15) is 4.79 Å². The highest BCUT2D eigenvalue weighted by Crippen LogP contribution is 2.15. The molecule has 0 saturated carbocycles. The lowest BCUT2D eigenvalue weighted by Crippen LogP contribution is -2.54. The Morgan fingerprint density at radius 3 is 2.78 bits per heavy atom. The summed E-state index contributed by atoms with van der Waals surface area (Å²) in [6, 6.07) is 9.84. The van der Waals surface area contributed by atoms with Crippen LogP contribution in [0, 0.1) is 0 Å². The summed E-state index contributed by atoms with van der Waals surface area (Å²) in [5, 5.41) is 4.51. The average Bonchev–Trinajstić information content (AvgIpc) is 2.56. The number of fused-ring (bicyclic) bond motifs is 1. The Balaban J connectivity index is 1.64. The zero-order chi connectivity index (χ0) is 16.3. The van der Waals surface area contributed by atoms with E-state index in [0.717, 1.165) is 49.3 Å². The van der Waals surface area contributed by atoms with E-state index in [1.165, 1.54) is 0 Å². The third-order valence-corrected chi connectivity index (χ3v) is 4.57. The van der Waals surface area contributed by atoms with Crippen molar-refractivity contribution in [3.63, 3.8) is 0 Å². The summed E-state index contributed by atoms with van der Waals surface area (Å²) < 4.78 is 5.42. The summed E-state index contributed by atoms with van der Waals surface area (Å²) in [6.45, 7) is 9.40. The van der Waals surface area contributed by atoms with E-state index >= 15 is 0 Å². The third kappa shape index (κ3) is 3.80. The molecule has 2 aromatic rings. The highest BCUT2D eigenvalue weighted by atomic mass is 16.5. The summed E-state index contributed by atoms with van der Waals surface area (Å²) in [5.74, 6) is 0. The fraction of sp³-hybridized carbons (Fsp3) is 0.500. The molecule has 3 rings (SSSR count). The van der Waals surface area contributed by atoms with Gasteiger partial charge in [0.15, 0.2) is 0 Å². The minimum atomic E-state index is -0.0135. The number of pyridine rings is 1. The number of para-hydroxylation sites is 1. The molecule has 0 spiro atoms. The predicted octanol–water partition coefficient (Wildman–Crippen LogP) is 1.73. The number of nitrogens with one attached hydrogen (secondary N) is 2. The summed E-state index contributed by atoms with van der Waals surface area (Å²) >= 11 is 0. The van der Waals surface area contributed by atoms with E-state index < -0.39 is 0 Å². The van der Waals surface area contributed by atoms with Crippen molar-refractivity contribution in [1.82, 2.24) is 15.2 Å². The second kappa shape index (κ2) is 6.83. The van der Waals surface area contributed by atoms with Crippen LogP contribution < -0.4 is 10.9 Å². The van der Waals surface area contributed by atoms with Crippen LogP contribution in [0.3, 0.4) is 0 Å². The van der Waals surface area contributed by atoms with Crippen molar-refractivity contribution in [1.29, 1.82) is 0 Å². The van der Waals surface area contributed by atoms with Gasteiger partial charge >= 0.3 is 0 Å². The van der Waals surface area contributed by atoms with Crippen molar-refractivity contribution in [2.45, 2.75) is 25.9 Å². The van der Waals surface area contributed by atoms with E-state index in [1.807, 2.05) is 30.3 Å². The predicted molar refractivity (Wildman–Crippen MR) is 92.7 cm³/mol. The molecule has 124 valence electrons. The van der Waals surface area contributed by atoms with Crippen molar-refractivity contribution in [2.24, 2.45) is 0 Å². The summed E-state index contributed by atoms with van der Waals surface area (Å²) in [7, 11) is 0. The minimum Gasteiger partial charge on any atom is -0.379 e. The highest BCUT2D eigenvalue weighted by Gasteiger charge is 2.27. The van der Waals surface area contributed by atoms with Gasteiger partial charge in [-0.15, -0.1) is 0 Å². The van der Waals surface area contributed by atoms with E-state index in [2.05, 4.69) is 29.0 Å². The molecule has 1 aromatic heterocycles. The highest BCUT2D eigenvalue weighted by molar-refractivity contribution is 5.78. The Morgan fingerprint density at radius 2 is 2.00 bits per heavy atom. The SMILES string of the molecule is CC(C)(CNCc1cc2ccccc2[nH]c1=O)N1CCOCC1. The molecule has 0 bridgehead atoms. The molecule has 1 aliphatic rings. The van der Waals surface area contributed by atoms with Crippen LogP contribution in [-0.2, 0) is 11.3 Å². The zero-order valence-corrected chi connectivity index (χ0v) is 13.9. The molecular formula is C18H25N3O2. The normalized spacial score (nSPS) is 16.8. The van der Waals surface area contributed by atoms with E-state index in [0.29, 0.717) is 6.54 Å². The van der Waals surface area contributed by atoms with Gasteiger partial charge in [-0.25, -0.2) is 0 Å². The Kier molecular flexibility index (Phi) is 4.80. The molecule has 1 saturated heterocycles. The molecule has 23 heavy (non-hydrogen) atoms. The fourth-order valence-corrected chi connectivity index (χ4v) is 3.11. The maximum Gasteiger partial charge on any atom is 0.252 e. The second-order valence-electron chi connectivity index (χ2n) is 6.73. The van der Waals surface area contributed by atoms with Gasteiger partial charge in [-0.05, 0) is 31.4 Å². The first-order valence-electron chi connectivity index (χ1n) is 8.21. The molecular weight excluding hydrogens is 290 g/mol. The van der Waals surface area contributed by atoms with Gasteiger partial charge in [-0.2, -0.15) is 0 Å². The van der Waals surface area contributed by atoms with E-state index in [-0.39, 0.29) is 11.1 Å². The molecule has 2 heterocycles. The average molecular weight is 315 g/mol. The Morgan fingerprint density at radius 1 is 1.26 bits per heavy atom. The summed E-state index contributed by atoms with van der Waals surface area (Å²) in [6.07, 6.45) is 0. The molecule has 5 nitrogen and oxygen atoms in total. The van der Waals surface area contributed by atoms with Gasteiger partial charge in [-0.1, -0.05) is 18.2 Å². The van der Waals surface area contributed by atoms with Crippen molar-refractivity contribution < 1.29 is 4.74 Å². The number of rotatable bonds is 5. The van der Waals surface area contributed by atoms with Crippen LogP contribution in [0.15, 0.2) is 35.1 Å². The van der Waals surface area contributed by atoms with Crippen molar-refractivity contribution in [3.05, 3.63) is 46.2 Å². The molecule has 0 radical (unpaired) electrons. The second-order valence-corrected chi connectivity index (χ2v) is 6.73. The van der Waals surface area contributed by atoms with Crippen molar-refractivity contribution in [2.75, 3.05) is 32.8 Å². The van der Waals surface area contributed by atoms with Gasteiger partial charge in [-0.3, -0.25) is 9.69 Å². The molecule has 1 fully saturated rings. The summed E-state index contributed by atoms with van der Waals surface area (Å²) in [5.41, 5.74) is 1.70. The maximum absolute atomic E-state index is 12.2. The molecule has 2 N–H and O–H groups in total. The summed E-state index contributed by atoms with van der Waals surface area (Å²) in [4.78, 5) is 17.6. The fourth-order valence-electron chi connectivity index (χ4n) is 3.11. The van der Waals surface area contributed by atoms with Gasteiger partial charge in [0, 0.05) is 42.8 Å². The molecule has 1 aliphatic heterocycles. The first-order chi connectivity index (χ1) is 11.1.